The standard InChI is InChI=1S/C5H10N2.C5H10O2/c2*1-4-5(2)7-3-6-4/h3-5H,1-2H3,(H,6,7);4-5H,3H2,1-2H3. The molecule has 0 aromatic carbocycles. The van der Waals surface area contributed by atoms with Crippen molar-refractivity contribution in [3.8, 4) is 0 Å². The van der Waals surface area contributed by atoms with Gasteiger partial charge in [-0.05, 0) is 27.7 Å². The third-order valence-electron chi connectivity index (χ3n) is 2.69. The fourth-order valence-corrected chi connectivity index (χ4v) is 1.07. The van der Waals surface area contributed by atoms with Gasteiger partial charge in [0.25, 0.3) is 0 Å². The molecule has 0 aromatic rings. The lowest BCUT2D eigenvalue weighted by Crippen LogP contribution is -2.25. The van der Waals surface area contributed by atoms with E-state index in [9.17, 15) is 0 Å². The molecular formula is C10H20N2O2. The maximum Gasteiger partial charge on any atom is 0.147 e. The lowest BCUT2D eigenvalue weighted by atomic mass is 10.2. The monoisotopic (exact) mass is 200 g/mol. The molecule has 0 aromatic heterocycles. The van der Waals surface area contributed by atoms with Crippen LogP contribution in [0.1, 0.15) is 27.7 Å². The van der Waals surface area contributed by atoms with Crippen molar-refractivity contribution in [2.24, 2.45) is 4.99 Å². The first-order valence-corrected chi connectivity index (χ1v) is 5.12. The fraction of sp³-hybridized carbons (Fsp3) is 0.900. The molecule has 14 heavy (non-hydrogen) atoms. The van der Waals surface area contributed by atoms with Crippen LogP contribution in [0.2, 0.25) is 0 Å². The molecular weight excluding hydrogens is 180 g/mol. The zero-order chi connectivity index (χ0) is 10.6. The molecule has 1 N–H and O–H groups in total. The Labute approximate surface area is 85.7 Å². The number of nitrogens with zero attached hydrogens (tertiary/aromatic N) is 1. The molecule has 4 unspecified atom stereocenters. The molecule has 2 heterocycles. The van der Waals surface area contributed by atoms with Crippen molar-refractivity contribution in [2.75, 3.05) is 6.79 Å². The molecule has 0 amide bonds. The van der Waals surface area contributed by atoms with Gasteiger partial charge < -0.3 is 14.8 Å². The fourth-order valence-electron chi connectivity index (χ4n) is 1.07. The molecule has 0 spiro atoms. The predicted molar refractivity (Wildman–Crippen MR) is 56.5 cm³/mol. The number of nitrogens with one attached hydrogen (secondary N) is 1. The third-order valence-corrected chi connectivity index (χ3v) is 2.69. The second-order valence-electron chi connectivity index (χ2n) is 3.84. The van der Waals surface area contributed by atoms with Gasteiger partial charge in [0.1, 0.15) is 6.79 Å². The second-order valence-corrected chi connectivity index (χ2v) is 3.84. The number of hydrogen-bond acceptors (Lipinski definition) is 4. The smallest absolute Gasteiger partial charge is 0.147 e. The van der Waals surface area contributed by atoms with E-state index in [4.69, 9.17) is 9.47 Å². The molecule has 82 valence electrons. The summed E-state index contributed by atoms with van der Waals surface area (Å²) in [6.07, 6.45) is 2.36. The number of hydrogen-bond donors (Lipinski definition) is 1. The Balaban J connectivity index is 0.000000140. The van der Waals surface area contributed by atoms with E-state index in [1.165, 1.54) is 0 Å². The summed E-state index contributed by atoms with van der Waals surface area (Å²) in [7, 11) is 0. The molecule has 1 fully saturated rings. The van der Waals surface area contributed by atoms with Crippen molar-refractivity contribution < 1.29 is 9.47 Å². The summed E-state index contributed by atoms with van der Waals surface area (Å²) in [4.78, 5) is 4.08. The Morgan fingerprint density at radius 2 is 1.71 bits per heavy atom. The summed E-state index contributed by atoms with van der Waals surface area (Å²) in [5, 5.41) is 3.08. The van der Waals surface area contributed by atoms with E-state index in [2.05, 4.69) is 24.2 Å². The van der Waals surface area contributed by atoms with Gasteiger partial charge in [0.2, 0.25) is 0 Å². The first-order chi connectivity index (χ1) is 6.61. The summed E-state index contributed by atoms with van der Waals surface area (Å²) in [5.41, 5.74) is 0. The van der Waals surface area contributed by atoms with Crippen LogP contribution in [0, 0.1) is 0 Å². The second kappa shape index (κ2) is 5.32. The SMILES string of the molecule is CC1N=CNC1C.CC1OCOC1C. The molecule has 0 radical (unpaired) electrons. The Morgan fingerprint density at radius 1 is 1.14 bits per heavy atom. The van der Waals surface area contributed by atoms with E-state index in [1.54, 1.807) is 6.34 Å². The van der Waals surface area contributed by atoms with E-state index in [-0.39, 0.29) is 0 Å². The van der Waals surface area contributed by atoms with Crippen molar-refractivity contribution >= 4 is 6.34 Å². The van der Waals surface area contributed by atoms with Crippen LogP contribution in [0.5, 0.6) is 0 Å². The predicted octanol–water partition coefficient (Wildman–Crippen LogP) is 1.16. The van der Waals surface area contributed by atoms with Crippen molar-refractivity contribution in [3.63, 3.8) is 0 Å². The Bertz CT molecular complexity index is 189. The minimum Gasteiger partial charge on any atom is -0.372 e. The van der Waals surface area contributed by atoms with Gasteiger partial charge in [-0.2, -0.15) is 0 Å². The van der Waals surface area contributed by atoms with E-state index in [0.717, 1.165) is 0 Å². The molecule has 2 rings (SSSR count). The summed E-state index contributed by atoms with van der Waals surface area (Å²) in [6.45, 7) is 8.72. The minimum atomic E-state index is 0.292. The summed E-state index contributed by atoms with van der Waals surface area (Å²) in [5.74, 6) is 0. The lowest BCUT2D eigenvalue weighted by molar-refractivity contribution is 0.0433. The quantitative estimate of drug-likeness (QED) is 0.638. The van der Waals surface area contributed by atoms with Crippen LogP contribution in [0.25, 0.3) is 0 Å². The van der Waals surface area contributed by atoms with Crippen LogP contribution in [0.3, 0.4) is 0 Å². The van der Waals surface area contributed by atoms with Gasteiger partial charge in [0.05, 0.1) is 24.6 Å². The zero-order valence-corrected chi connectivity index (χ0v) is 9.36. The molecule has 4 heteroatoms. The third kappa shape index (κ3) is 3.27. The van der Waals surface area contributed by atoms with Gasteiger partial charge in [-0.3, -0.25) is 4.99 Å². The van der Waals surface area contributed by atoms with Gasteiger partial charge >= 0.3 is 0 Å². The van der Waals surface area contributed by atoms with E-state index in [1.807, 2.05) is 13.8 Å². The molecule has 1 saturated heterocycles. The average molecular weight is 200 g/mol. The van der Waals surface area contributed by atoms with Crippen LogP contribution in [-0.2, 0) is 9.47 Å². The maximum atomic E-state index is 5.04. The first kappa shape index (κ1) is 11.5. The van der Waals surface area contributed by atoms with Crippen LogP contribution in [0.4, 0.5) is 0 Å². The zero-order valence-electron chi connectivity index (χ0n) is 9.36. The molecule has 2 aliphatic rings. The molecule has 0 bridgehead atoms. The van der Waals surface area contributed by atoms with E-state index in [0.29, 0.717) is 31.1 Å². The Morgan fingerprint density at radius 3 is 1.86 bits per heavy atom. The molecule has 0 saturated carbocycles. The van der Waals surface area contributed by atoms with Gasteiger partial charge in [0.15, 0.2) is 0 Å². The molecule has 2 aliphatic heterocycles. The van der Waals surface area contributed by atoms with E-state index >= 15 is 0 Å². The largest absolute Gasteiger partial charge is 0.372 e. The Hall–Kier alpha value is -0.610. The normalized spacial score (nSPS) is 40.3. The van der Waals surface area contributed by atoms with Gasteiger partial charge in [-0.25, -0.2) is 0 Å². The summed E-state index contributed by atoms with van der Waals surface area (Å²) < 4.78 is 10.1. The van der Waals surface area contributed by atoms with Crippen LogP contribution in [0.15, 0.2) is 4.99 Å². The Kier molecular flexibility index (Phi) is 4.35. The highest BCUT2D eigenvalue weighted by Gasteiger charge is 2.18. The van der Waals surface area contributed by atoms with Gasteiger partial charge in [-0.15, -0.1) is 0 Å². The van der Waals surface area contributed by atoms with Crippen molar-refractivity contribution in [2.45, 2.75) is 52.0 Å². The highest BCUT2D eigenvalue weighted by Crippen LogP contribution is 2.09. The van der Waals surface area contributed by atoms with Crippen molar-refractivity contribution in [3.05, 3.63) is 0 Å². The highest BCUT2D eigenvalue weighted by atomic mass is 16.7. The first-order valence-electron chi connectivity index (χ1n) is 5.12. The number of aliphatic imine (C=N–C) groups is 1. The minimum absolute atomic E-state index is 0.292. The topological polar surface area (TPSA) is 42.9 Å². The van der Waals surface area contributed by atoms with Gasteiger partial charge in [0, 0.05) is 6.04 Å². The summed E-state index contributed by atoms with van der Waals surface area (Å²) >= 11 is 0. The maximum absolute atomic E-state index is 5.04. The van der Waals surface area contributed by atoms with Gasteiger partial charge in [-0.1, -0.05) is 0 Å². The van der Waals surface area contributed by atoms with Crippen molar-refractivity contribution in [1.82, 2.24) is 5.32 Å². The molecule has 4 atom stereocenters. The summed E-state index contributed by atoms with van der Waals surface area (Å²) in [6, 6.07) is 1.01. The molecule has 0 aliphatic carbocycles. The molecule has 4 nitrogen and oxygen atoms in total. The lowest BCUT2D eigenvalue weighted by Gasteiger charge is -2.04. The van der Waals surface area contributed by atoms with Crippen LogP contribution >= 0.6 is 0 Å². The average Bonchev–Trinajstić information content (AvgIpc) is 2.67. The number of rotatable bonds is 0. The number of ether oxygens (including phenoxy) is 2. The highest BCUT2D eigenvalue weighted by molar-refractivity contribution is 5.57. The van der Waals surface area contributed by atoms with Crippen LogP contribution < -0.4 is 5.32 Å². The van der Waals surface area contributed by atoms with Crippen molar-refractivity contribution in [1.29, 1.82) is 0 Å². The van der Waals surface area contributed by atoms with E-state index < -0.39 is 0 Å². The van der Waals surface area contributed by atoms with Crippen LogP contribution in [-0.4, -0.2) is 37.4 Å².